The molecule has 3 aliphatic carbocycles. The normalized spacial score (nSPS) is 35.5. The lowest BCUT2D eigenvalue weighted by atomic mass is 9.65. The van der Waals surface area contributed by atoms with E-state index in [1.807, 2.05) is 0 Å². The predicted octanol–water partition coefficient (Wildman–Crippen LogP) is 2.48. The van der Waals surface area contributed by atoms with Crippen molar-refractivity contribution in [3.05, 3.63) is 11.1 Å². The molecular weight excluding hydrogens is 256 g/mol. The maximum Gasteiger partial charge on any atom is 0.310 e. The Bertz CT molecular complexity index is 423. The molecule has 110 valence electrons. The summed E-state index contributed by atoms with van der Waals surface area (Å²) in [5.74, 6) is -0.744. The Labute approximate surface area is 119 Å². The molecule has 0 bridgehead atoms. The van der Waals surface area contributed by atoms with Crippen molar-refractivity contribution in [2.24, 2.45) is 23.7 Å². The fourth-order valence-electron chi connectivity index (χ4n) is 4.73. The number of esters is 2. The zero-order chi connectivity index (χ0) is 14.3. The molecule has 2 saturated carbocycles. The highest BCUT2D eigenvalue weighted by atomic mass is 16.5. The van der Waals surface area contributed by atoms with E-state index in [1.165, 1.54) is 25.4 Å². The number of ether oxygens (including phenoxy) is 2. The van der Waals surface area contributed by atoms with Gasteiger partial charge in [0.05, 0.1) is 26.1 Å². The number of hydrogen-bond acceptors (Lipinski definition) is 4. The molecule has 0 aromatic rings. The van der Waals surface area contributed by atoms with Crippen LogP contribution in [0.15, 0.2) is 11.1 Å². The van der Waals surface area contributed by atoms with Crippen LogP contribution in [0.1, 0.15) is 38.5 Å². The van der Waals surface area contributed by atoms with Gasteiger partial charge in [-0.25, -0.2) is 0 Å². The number of carbonyl (C=O) groups excluding carboxylic acids is 2. The van der Waals surface area contributed by atoms with Gasteiger partial charge in [0.2, 0.25) is 0 Å². The van der Waals surface area contributed by atoms with Crippen LogP contribution in [0.25, 0.3) is 0 Å². The first-order valence-corrected chi connectivity index (χ1v) is 7.56. The van der Waals surface area contributed by atoms with Gasteiger partial charge >= 0.3 is 11.9 Å². The average molecular weight is 278 g/mol. The van der Waals surface area contributed by atoms with Gasteiger partial charge in [0.25, 0.3) is 0 Å². The topological polar surface area (TPSA) is 52.6 Å². The molecule has 0 saturated heterocycles. The van der Waals surface area contributed by atoms with Gasteiger partial charge in [0.1, 0.15) is 0 Å². The van der Waals surface area contributed by atoms with Crippen molar-refractivity contribution in [1.82, 2.24) is 0 Å². The third kappa shape index (κ3) is 1.88. The molecule has 0 aliphatic heterocycles. The largest absolute Gasteiger partial charge is 0.469 e. The first kappa shape index (κ1) is 13.7. The van der Waals surface area contributed by atoms with E-state index in [0.29, 0.717) is 0 Å². The summed E-state index contributed by atoms with van der Waals surface area (Å²) in [4.78, 5) is 24.6. The van der Waals surface area contributed by atoms with Gasteiger partial charge < -0.3 is 9.47 Å². The van der Waals surface area contributed by atoms with E-state index in [0.717, 1.165) is 38.5 Å². The number of rotatable bonds is 2. The summed E-state index contributed by atoms with van der Waals surface area (Å²) in [5, 5.41) is 0. The molecule has 0 amide bonds. The Morgan fingerprint density at radius 3 is 1.60 bits per heavy atom. The van der Waals surface area contributed by atoms with Crippen LogP contribution in [0.2, 0.25) is 0 Å². The first-order chi connectivity index (χ1) is 9.69. The Balaban J connectivity index is 2.06. The molecule has 4 heteroatoms. The number of hydrogen-bond donors (Lipinski definition) is 0. The lowest BCUT2D eigenvalue weighted by molar-refractivity contribution is -0.162. The highest BCUT2D eigenvalue weighted by Crippen LogP contribution is 2.55. The second-order valence-electron chi connectivity index (χ2n) is 6.15. The van der Waals surface area contributed by atoms with Crippen LogP contribution in [0.3, 0.4) is 0 Å². The minimum Gasteiger partial charge on any atom is -0.469 e. The molecule has 0 unspecified atom stereocenters. The van der Waals surface area contributed by atoms with Crippen LogP contribution in [-0.2, 0) is 19.1 Å². The van der Waals surface area contributed by atoms with Crippen LogP contribution in [0.4, 0.5) is 0 Å². The summed E-state index contributed by atoms with van der Waals surface area (Å²) in [7, 11) is 2.83. The molecule has 0 heterocycles. The molecule has 4 nitrogen and oxygen atoms in total. The summed E-state index contributed by atoms with van der Waals surface area (Å²) < 4.78 is 10.0. The number of carbonyl (C=O) groups is 2. The van der Waals surface area contributed by atoms with E-state index in [9.17, 15) is 9.59 Å². The molecule has 0 spiro atoms. The zero-order valence-corrected chi connectivity index (χ0v) is 12.2. The van der Waals surface area contributed by atoms with Crippen molar-refractivity contribution >= 4 is 11.9 Å². The summed E-state index contributed by atoms with van der Waals surface area (Å²) in [6, 6.07) is 0. The predicted molar refractivity (Wildman–Crippen MR) is 72.7 cm³/mol. The fourth-order valence-corrected chi connectivity index (χ4v) is 4.73. The van der Waals surface area contributed by atoms with E-state index >= 15 is 0 Å². The molecule has 0 aromatic carbocycles. The quantitative estimate of drug-likeness (QED) is 0.575. The Hall–Kier alpha value is -1.32. The average Bonchev–Trinajstić information content (AvgIpc) is 3.11. The molecule has 0 aromatic heterocycles. The van der Waals surface area contributed by atoms with Crippen molar-refractivity contribution in [3.8, 4) is 0 Å². The van der Waals surface area contributed by atoms with Gasteiger partial charge in [-0.05, 0) is 50.4 Å². The van der Waals surface area contributed by atoms with Crippen molar-refractivity contribution < 1.29 is 19.1 Å². The molecule has 2 fully saturated rings. The van der Waals surface area contributed by atoms with Crippen molar-refractivity contribution in [2.75, 3.05) is 14.2 Å². The van der Waals surface area contributed by atoms with E-state index in [-0.39, 0.29) is 35.6 Å². The fraction of sp³-hybridized carbons (Fsp3) is 0.750. The van der Waals surface area contributed by atoms with Crippen molar-refractivity contribution in [3.63, 3.8) is 0 Å². The second-order valence-corrected chi connectivity index (χ2v) is 6.15. The van der Waals surface area contributed by atoms with E-state index < -0.39 is 0 Å². The van der Waals surface area contributed by atoms with Gasteiger partial charge in [-0.15, -0.1) is 0 Å². The van der Waals surface area contributed by atoms with Gasteiger partial charge in [0, 0.05) is 0 Å². The van der Waals surface area contributed by atoms with Crippen LogP contribution >= 0.6 is 0 Å². The van der Waals surface area contributed by atoms with Crippen LogP contribution in [-0.4, -0.2) is 26.2 Å². The first-order valence-electron chi connectivity index (χ1n) is 7.56. The molecular formula is C16H22O4. The summed E-state index contributed by atoms with van der Waals surface area (Å²) in [6.07, 6.45) is 6.43. The molecule has 0 radical (unpaired) electrons. The van der Waals surface area contributed by atoms with Gasteiger partial charge in [-0.1, -0.05) is 11.1 Å². The van der Waals surface area contributed by atoms with Crippen LogP contribution in [0, 0.1) is 23.7 Å². The van der Waals surface area contributed by atoms with E-state index in [2.05, 4.69) is 0 Å². The maximum atomic E-state index is 12.3. The van der Waals surface area contributed by atoms with E-state index in [1.54, 1.807) is 0 Å². The van der Waals surface area contributed by atoms with Crippen LogP contribution < -0.4 is 0 Å². The molecule has 4 atom stereocenters. The smallest absolute Gasteiger partial charge is 0.310 e. The number of allylic oxidation sites excluding steroid dienone is 2. The van der Waals surface area contributed by atoms with Crippen molar-refractivity contribution in [1.29, 1.82) is 0 Å². The minimum absolute atomic E-state index is 0.205. The summed E-state index contributed by atoms with van der Waals surface area (Å²) in [6.45, 7) is 0. The zero-order valence-electron chi connectivity index (χ0n) is 12.2. The van der Waals surface area contributed by atoms with Gasteiger partial charge in [-0.2, -0.15) is 0 Å². The highest BCUT2D eigenvalue weighted by molar-refractivity contribution is 5.84. The lowest BCUT2D eigenvalue weighted by Gasteiger charge is -2.38. The second kappa shape index (κ2) is 5.23. The monoisotopic (exact) mass is 278 g/mol. The lowest BCUT2D eigenvalue weighted by Crippen LogP contribution is -2.43. The maximum absolute atomic E-state index is 12.3. The standard InChI is InChI=1S/C16H22O4/c1-19-15(17)13-11-7-3-5-9(11)10-6-4-8-12(10)14(13)16(18)20-2/h11-14H,3-8H2,1-2H3/t11-,12+,13-,14+. The molecule has 3 rings (SSSR count). The van der Waals surface area contributed by atoms with Gasteiger partial charge in [0.15, 0.2) is 0 Å². The Kier molecular flexibility index (Phi) is 3.57. The number of methoxy groups -OCH3 is 2. The highest BCUT2D eigenvalue weighted by Gasteiger charge is 2.53. The summed E-state index contributed by atoms with van der Waals surface area (Å²) in [5.41, 5.74) is 2.92. The molecule has 0 N–H and O–H groups in total. The third-order valence-corrected chi connectivity index (χ3v) is 5.43. The molecule has 3 aliphatic rings. The number of fused-ring (bicyclic) bond motifs is 2. The van der Waals surface area contributed by atoms with E-state index in [4.69, 9.17) is 9.47 Å². The van der Waals surface area contributed by atoms with Crippen LogP contribution in [0.5, 0.6) is 0 Å². The summed E-state index contributed by atoms with van der Waals surface area (Å²) >= 11 is 0. The Morgan fingerprint density at radius 1 is 0.850 bits per heavy atom. The van der Waals surface area contributed by atoms with Crippen molar-refractivity contribution in [2.45, 2.75) is 38.5 Å². The third-order valence-electron chi connectivity index (χ3n) is 5.43. The van der Waals surface area contributed by atoms with Gasteiger partial charge in [-0.3, -0.25) is 9.59 Å². The SMILES string of the molecule is COC(=O)[C@@H]1[C@H](C(=O)OC)[C@@H]2CCCC2=C2CCC[C@@H]21. The minimum atomic E-state index is -0.336. The Morgan fingerprint density at radius 2 is 1.25 bits per heavy atom. The molecule has 20 heavy (non-hydrogen) atoms.